The fourth-order valence-corrected chi connectivity index (χ4v) is 2.62. The summed E-state index contributed by atoms with van der Waals surface area (Å²) in [5, 5.41) is 6.76. The number of thiazole rings is 1. The van der Waals surface area contributed by atoms with Crippen molar-refractivity contribution in [3.05, 3.63) is 52.5 Å². The first-order valence-electron chi connectivity index (χ1n) is 5.60. The lowest BCUT2D eigenvalue weighted by atomic mass is 10.1. The first kappa shape index (κ1) is 10.00. The predicted molar refractivity (Wildman–Crippen MR) is 66.5 cm³/mol. The van der Waals surface area contributed by atoms with E-state index in [2.05, 4.69) is 40.6 Å². The lowest BCUT2D eigenvalue weighted by molar-refractivity contribution is 0.670. The molecule has 1 heterocycles. The third-order valence-electron chi connectivity index (χ3n) is 3.02. The van der Waals surface area contributed by atoms with Gasteiger partial charge in [0.1, 0.15) is 5.01 Å². The molecule has 1 aromatic heterocycles. The van der Waals surface area contributed by atoms with Crippen LogP contribution < -0.4 is 5.32 Å². The van der Waals surface area contributed by atoms with Gasteiger partial charge in [-0.05, 0) is 12.0 Å². The van der Waals surface area contributed by atoms with Gasteiger partial charge in [-0.15, -0.1) is 11.3 Å². The van der Waals surface area contributed by atoms with E-state index in [1.54, 1.807) is 11.3 Å². The van der Waals surface area contributed by atoms with E-state index in [4.69, 9.17) is 0 Å². The highest BCUT2D eigenvalue weighted by molar-refractivity contribution is 7.09. The van der Waals surface area contributed by atoms with Crippen molar-refractivity contribution < 1.29 is 0 Å². The molecule has 0 amide bonds. The molecule has 0 bridgehead atoms. The monoisotopic (exact) mass is 230 g/mol. The third-order valence-corrected chi connectivity index (χ3v) is 3.80. The molecule has 2 nitrogen and oxygen atoms in total. The van der Waals surface area contributed by atoms with Crippen LogP contribution in [0, 0.1) is 0 Å². The van der Waals surface area contributed by atoms with Gasteiger partial charge in [-0.25, -0.2) is 4.98 Å². The number of hydrogen-bond acceptors (Lipinski definition) is 3. The Bertz CT molecular complexity index is 438. The van der Waals surface area contributed by atoms with Crippen molar-refractivity contribution in [3.8, 4) is 0 Å². The Hall–Kier alpha value is -1.19. The van der Waals surface area contributed by atoms with Crippen LogP contribution in [0.15, 0.2) is 41.9 Å². The van der Waals surface area contributed by atoms with Crippen molar-refractivity contribution in [1.82, 2.24) is 10.3 Å². The summed E-state index contributed by atoms with van der Waals surface area (Å²) in [5.41, 5.74) is 1.46. The molecule has 0 spiro atoms. The van der Waals surface area contributed by atoms with Crippen LogP contribution in [0.1, 0.15) is 22.9 Å². The first-order valence-corrected chi connectivity index (χ1v) is 6.48. The zero-order chi connectivity index (χ0) is 10.8. The fourth-order valence-electron chi connectivity index (χ4n) is 2.05. The zero-order valence-electron chi connectivity index (χ0n) is 8.97. The third kappa shape index (κ3) is 2.15. The second kappa shape index (κ2) is 4.36. The van der Waals surface area contributed by atoms with E-state index >= 15 is 0 Å². The van der Waals surface area contributed by atoms with Gasteiger partial charge in [0.15, 0.2) is 0 Å². The normalized spacial score (nSPS) is 23.2. The minimum Gasteiger partial charge on any atom is -0.307 e. The molecule has 1 aliphatic rings. The molecule has 1 N–H and O–H groups in total. The van der Waals surface area contributed by atoms with Crippen molar-refractivity contribution in [3.63, 3.8) is 0 Å². The molecule has 1 aromatic carbocycles. The maximum atomic E-state index is 4.27. The largest absolute Gasteiger partial charge is 0.307 e. The summed E-state index contributed by atoms with van der Waals surface area (Å²) in [7, 11) is 0. The number of rotatable bonds is 4. The lowest BCUT2D eigenvalue weighted by Crippen LogP contribution is -2.16. The maximum Gasteiger partial charge on any atom is 0.106 e. The van der Waals surface area contributed by atoms with E-state index in [9.17, 15) is 0 Å². The van der Waals surface area contributed by atoms with E-state index in [-0.39, 0.29) is 0 Å². The molecule has 0 aliphatic heterocycles. The molecule has 0 saturated heterocycles. The highest BCUT2D eigenvalue weighted by Gasteiger charge is 2.37. The summed E-state index contributed by atoms with van der Waals surface area (Å²) in [5.74, 6) is 0.709. The zero-order valence-corrected chi connectivity index (χ0v) is 9.78. The Balaban J connectivity index is 1.53. The van der Waals surface area contributed by atoms with Crippen LogP contribution in [0.5, 0.6) is 0 Å². The standard InChI is InChI=1S/C13H14N2S/c1-2-4-10(5-3-1)11-8-12(11)15-9-13-14-6-7-16-13/h1-7,11-12,15H,8-9H2/t11-,12+/m0/s1. The van der Waals surface area contributed by atoms with Crippen LogP contribution in [-0.4, -0.2) is 11.0 Å². The number of benzene rings is 1. The van der Waals surface area contributed by atoms with E-state index in [0.29, 0.717) is 12.0 Å². The molecule has 2 atom stereocenters. The van der Waals surface area contributed by atoms with Crippen molar-refractivity contribution in [2.24, 2.45) is 0 Å². The molecule has 1 saturated carbocycles. The van der Waals surface area contributed by atoms with Gasteiger partial charge in [-0.3, -0.25) is 0 Å². The van der Waals surface area contributed by atoms with E-state index in [1.807, 2.05) is 11.6 Å². The molecular formula is C13H14N2S. The number of nitrogens with zero attached hydrogens (tertiary/aromatic N) is 1. The Morgan fingerprint density at radius 3 is 2.94 bits per heavy atom. The average Bonchev–Trinajstić information content (AvgIpc) is 2.93. The van der Waals surface area contributed by atoms with Crippen molar-refractivity contribution in [1.29, 1.82) is 0 Å². The summed E-state index contributed by atoms with van der Waals surface area (Å²) in [6.45, 7) is 0.908. The van der Waals surface area contributed by atoms with Gasteiger partial charge in [-0.1, -0.05) is 30.3 Å². The van der Waals surface area contributed by atoms with Crippen LogP contribution in [0.25, 0.3) is 0 Å². The summed E-state index contributed by atoms with van der Waals surface area (Å²) in [6.07, 6.45) is 3.12. The predicted octanol–water partition coefficient (Wildman–Crippen LogP) is 2.79. The highest BCUT2D eigenvalue weighted by atomic mass is 32.1. The van der Waals surface area contributed by atoms with Crippen LogP contribution in [-0.2, 0) is 6.54 Å². The molecule has 0 radical (unpaired) electrons. The summed E-state index contributed by atoms with van der Waals surface area (Å²) in [6, 6.07) is 11.4. The van der Waals surface area contributed by atoms with E-state index in [0.717, 1.165) is 6.54 Å². The number of aromatic nitrogens is 1. The molecule has 2 aromatic rings. The molecule has 3 rings (SSSR count). The van der Waals surface area contributed by atoms with Crippen molar-refractivity contribution in [2.75, 3.05) is 0 Å². The van der Waals surface area contributed by atoms with Crippen molar-refractivity contribution >= 4 is 11.3 Å². The van der Waals surface area contributed by atoms with Gasteiger partial charge in [0.25, 0.3) is 0 Å². The van der Waals surface area contributed by atoms with Crippen molar-refractivity contribution in [2.45, 2.75) is 24.9 Å². The van der Waals surface area contributed by atoms with Crippen LogP contribution in [0.3, 0.4) is 0 Å². The average molecular weight is 230 g/mol. The van der Waals surface area contributed by atoms with Gasteiger partial charge in [-0.2, -0.15) is 0 Å². The second-order valence-electron chi connectivity index (χ2n) is 4.17. The molecule has 16 heavy (non-hydrogen) atoms. The van der Waals surface area contributed by atoms with Crippen LogP contribution in [0.4, 0.5) is 0 Å². The Kier molecular flexibility index (Phi) is 2.72. The quantitative estimate of drug-likeness (QED) is 0.873. The van der Waals surface area contributed by atoms with Gasteiger partial charge >= 0.3 is 0 Å². The topological polar surface area (TPSA) is 24.9 Å². The van der Waals surface area contributed by atoms with E-state index < -0.39 is 0 Å². The lowest BCUT2D eigenvalue weighted by Gasteiger charge is -2.01. The molecule has 1 fully saturated rings. The maximum absolute atomic E-state index is 4.27. The van der Waals surface area contributed by atoms with Gasteiger partial charge in [0, 0.05) is 30.1 Å². The molecule has 82 valence electrons. The summed E-state index contributed by atoms with van der Waals surface area (Å²) >= 11 is 1.72. The summed E-state index contributed by atoms with van der Waals surface area (Å²) in [4.78, 5) is 4.27. The second-order valence-corrected chi connectivity index (χ2v) is 5.15. The smallest absolute Gasteiger partial charge is 0.106 e. The molecule has 3 heteroatoms. The van der Waals surface area contributed by atoms with Crippen LogP contribution in [0.2, 0.25) is 0 Å². The highest BCUT2D eigenvalue weighted by Crippen LogP contribution is 2.40. The minimum atomic E-state index is 0.645. The Morgan fingerprint density at radius 1 is 1.31 bits per heavy atom. The molecule has 0 unspecified atom stereocenters. The summed E-state index contributed by atoms with van der Waals surface area (Å²) < 4.78 is 0. The first-order chi connectivity index (χ1) is 7.93. The van der Waals surface area contributed by atoms with Gasteiger partial charge in [0.05, 0.1) is 0 Å². The van der Waals surface area contributed by atoms with E-state index in [1.165, 1.54) is 17.0 Å². The van der Waals surface area contributed by atoms with Gasteiger partial charge in [0.2, 0.25) is 0 Å². The van der Waals surface area contributed by atoms with Crippen LogP contribution >= 0.6 is 11.3 Å². The molecule has 1 aliphatic carbocycles. The SMILES string of the molecule is c1ccc([C@@H]2C[C@H]2NCc2nccs2)cc1. The Labute approximate surface area is 99.4 Å². The minimum absolute atomic E-state index is 0.645. The number of hydrogen-bond donors (Lipinski definition) is 1. The number of nitrogens with one attached hydrogen (secondary N) is 1. The fraction of sp³-hybridized carbons (Fsp3) is 0.308. The van der Waals surface area contributed by atoms with Gasteiger partial charge < -0.3 is 5.32 Å². The molecular weight excluding hydrogens is 216 g/mol. The Morgan fingerprint density at radius 2 is 2.19 bits per heavy atom.